The maximum atomic E-state index is 2.53. The third-order valence-electron chi connectivity index (χ3n) is 11.7. The summed E-state index contributed by atoms with van der Waals surface area (Å²) in [7, 11) is 0. The summed E-state index contributed by atoms with van der Waals surface area (Å²) in [4.78, 5) is 2.53. The van der Waals surface area contributed by atoms with Gasteiger partial charge in [0.05, 0.1) is 22.4 Å². The van der Waals surface area contributed by atoms with Crippen molar-refractivity contribution in [2.75, 3.05) is 4.90 Å². The molecule has 0 aliphatic heterocycles. The summed E-state index contributed by atoms with van der Waals surface area (Å²) in [5, 5.41) is 10.1. The number of fused-ring (bicyclic) bond motifs is 7. The van der Waals surface area contributed by atoms with E-state index in [0.29, 0.717) is 0 Å². The lowest BCUT2D eigenvalue weighted by molar-refractivity contribution is 0.932. The van der Waals surface area contributed by atoms with Crippen LogP contribution in [0.4, 0.5) is 11.4 Å². The van der Waals surface area contributed by atoms with Gasteiger partial charge < -0.3 is 9.47 Å². The van der Waals surface area contributed by atoms with Gasteiger partial charge in [-0.25, -0.2) is 0 Å². The van der Waals surface area contributed by atoms with Crippen LogP contribution < -0.4 is 4.90 Å². The second-order valence-corrected chi connectivity index (χ2v) is 14.8. The highest BCUT2D eigenvalue weighted by Crippen LogP contribution is 2.45. The Morgan fingerprint density at radius 3 is 1.80 bits per heavy atom. The molecule has 9 aromatic carbocycles. The summed E-state index contributed by atoms with van der Waals surface area (Å²) in [5.41, 5.74) is 12.4. The average molecular weight is 715 g/mol. The van der Waals surface area contributed by atoms with E-state index < -0.39 is 0 Å². The minimum atomic E-state index is 0.914. The van der Waals surface area contributed by atoms with Crippen molar-refractivity contribution in [2.45, 2.75) is 12.8 Å². The lowest BCUT2D eigenvalue weighted by Gasteiger charge is -2.33. The summed E-state index contributed by atoms with van der Waals surface area (Å²) in [6.07, 6.45) is 6.57. The van der Waals surface area contributed by atoms with Crippen LogP contribution in [0.2, 0.25) is 0 Å². The van der Waals surface area contributed by atoms with Crippen LogP contribution in [0.15, 0.2) is 212 Å². The number of aromatic nitrogens is 1. The molecule has 0 amide bonds. The molecular formula is C54H38N2. The molecule has 1 aliphatic carbocycles. The van der Waals surface area contributed by atoms with Crippen LogP contribution >= 0.6 is 0 Å². The van der Waals surface area contributed by atoms with Crippen molar-refractivity contribution in [3.63, 3.8) is 0 Å². The van der Waals surface area contributed by atoms with E-state index in [1.807, 2.05) is 0 Å². The Balaban J connectivity index is 1.03. The molecule has 0 bridgehead atoms. The molecule has 0 saturated heterocycles. The standard InChI is InChI=1S/C54H38N2/c1-2-14-39(15-3-1)46-20-10-12-24-51(46)55(53-36-42-18-6-7-19-45(42)47-21-8-9-22-48(47)53)43-30-26-37(27-31-43)38-28-32-44(33-29-38)56-52-25-13-11-23-49(52)50-34-40-16-4-5-17-41(40)35-54(50)56/h1-26,28-30,32-36H,27,31H2. The number of allylic oxidation sites excluding steroid dienone is 4. The van der Waals surface area contributed by atoms with Crippen LogP contribution in [0.1, 0.15) is 18.4 Å². The van der Waals surface area contributed by atoms with Crippen molar-refractivity contribution in [3.05, 3.63) is 218 Å². The Labute approximate surface area is 326 Å². The summed E-state index contributed by atoms with van der Waals surface area (Å²) >= 11 is 0. The highest BCUT2D eigenvalue weighted by Gasteiger charge is 2.23. The van der Waals surface area contributed by atoms with Gasteiger partial charge in [0.2, 0.25) is 0 Å². The number of hydrogen-bond donors (Lipinski definition) is 0. The predicted octanol–water partition coefficient (Wildman–Crippen LogP) is 14.8. The third kappa shape index (κ3) is 5.33. The van der Waals surface area contributed by atoms with Crippen LogP contribution in [-0.2, 0) is 0 Å². The van der Waals surface area contributed by atoms with E-state index in [1.54, 1.807) is 0 Å². The SMILES string of the molecule is C1=C(c2ccc(-n3c4ccccc4c4cc5ccccc5cc43)cc2)CCC(N(c2ccccc2-c2ccccc2)c2cc3ccccc3c3ccccc23)=C1. The van der Waals surface area contributed by atoms with E-state index >= 15 is 0 Å². The fourth-order valence-corrected chi connectivity index (χ4v) is 9.00. The van der Waals surface area contributed by atoms with Crippen molar-refractivity contribution < 1.29 is 0 Å². The smallest absolute Gasteiger partial charge is 0.0547 e. The molecule has 0 saturated carbocycles. The number of hydrogen-bond acceptors (Lipinski definition) is 1. The second kappa shape index (κ2) is 13.3. The largest absolute Gasteiger partial charge is 0.313 e. The normalized spacial score (nSPS) is 13.1. The van der Waals surface area contributed by atoms with Crippen molar-refractivity contribution in [3.8, 4) is 16.8 Å². The Morgan fingerprint density at radius 1 is 0.375 bits per heavy atom. The van der Waals surface area contributed by atoms with E-state index in [4.69, 9.17) is 0 Å². The summed E-state index contributed by atoms with van der Waals surface area (Å²) in [6.45, 7) is 0. The summed E-state index contributed by atoms with van der Waals surface area (Å²) in [5.74, 6) is 0. The van der Waals surface area contributed by atoms with E-state index in [-0.39, 0.29) is 0 Å². The summed E-state index contributed by atoms with van der Waals surface area (Å²) < 4.78 is 2.42. The first-order chi connectivity index (χ1) is 27.8. The first-order valence-corrected chi connectivity index (χ1v) is 19.6. The van der Waals surface area contributed by atoms with Gasteiger partial charge in [0.15, 0.2) is 0 Å². The minimum Gasteiger partial charge on any atom is -0.313 e. The first-order valence-electron chi connectivity index (χ1n) is 19.6. The van der Waals surface area contributed by atoms with Gasteiger partial charge >= 0.3 is 0 Å². The van der Waals surface area contributed by atoms with Crippen molar-refractivity contribution >= 4 is 71.1 Å². The van der Waals surface area contributed by atoms with Gasteiger partial charge in [-0.3, -0.25) is 0 Å². The Bertz CT molecular complexity index is 3180. The molecule has 2 nitrogen and oxygen atoms in total. The zero-order valence-corrected chi connectivity index (χ0v) is 30.9. The molecule has 56 heavy (non-hydrogen) atoms. The molecule has 264 valence electrons. The number of benzene rings is 9. The van der Waals surface area contributed by atoms with Crippen LogP contribution in [0, 0.1) is 0 Å². The molecular weight excluding hydrogens is 677 g/mol. The zero-order chi connectivity index (χ0) is 37.0. The molecule has 1 aromatic heterocycles. The van der Waals surface area contributed by atoms with Crippen molar-refractivity contribution in [2.24, 2.45) is 0 Å². The molecule has 10 aromatic rings. The Morgan fingerprint density at radius 2 is 1.02 bits per heavy atom. The zero-order valence-electron chi connectivity index (χ0n) is 30.9. The monoisotopic (exact) mass is 714 g/mol. The van der Waals surface area contributed by atoms with Gasteiger partial charge in [-0.2, -0.15) is 0 Å². The fourth-order valence-electron chi connectivity index (χ4n) is 9.00. The molecule has 0 fully saturated rings. The molecule has 0 atom stereocenters. The third-order valence-corrected chi connectivity index (χ3v) is 11.7. The van der Waals surface area contributed by atoms with Gasteiger partial charge in [-0.15, -0.1) is 0 Å². The van der Waals surface area contributed by atoms with Crippen molar-refractivity contribution in [1.29, 1.82) is 0 Å². The molecule has 1 heterocycles. The molecule has 0 spiro atoms. The summed E-state index contributed by atoms with van der Waals surface area (Å²) in [6, 6.07) is 71.0. The average Bonchev–Trinajstić information content (AvgIpc) is 3.59. The van der Waals surface area contributed by atoms with E-state index in [1.165, 1.54) is 99.1 Å². The molecule has 1 aliphatic rings. The van der Waals surface area contributed by atoms with Crippen LogP contribution in [0.3, 0.4) is 0 Å². The molecule has 0 radical (unpaired) electrons. The highest BCUT2D eigenvalue weighted by atomic mass is 15.2. The number of rotatable bonds is 6. The van der Waals surface area contributed by atoms with E-state index in [2.05, 4.69) is 216 Å². The first kappa shape index (κ1) is 32.3. The number of nitrogens with zero attached hydrogens (tertiary/aromatic N) is 2. The van der Waals surface area contributed by atoms with Gasteiger partial charge in [0.25, 0.3) is 0 Å². The topological polar surface area (TPSA) is 8.17 Å². The van der Waals surface area contributed by atoms with Crippen LogP contribution in [0.25, 0.3) is 76.5 Å². The minimum absolute atomic E-state index is 0.914. The lowest BCUT2D eigenvalue weighted by Crippen LogP contribution is -2.19. The van der Waals surface area contributed by atoms with Gasteiger partial charge in [0.1, 0.15) is 0 Å². The second-order valence-electron chi connectivity index (χ2n) is 14.8. The molecule has 11 rings (SSSR count). The van der Waals surface area contributed by atoms with E-state index in [0.717, 1.165) is 12.8 Å². The quantitative estimate of drug-likeness (QED) is 0.156. The predicted molar refractivity (Wildman–Crippen MR) is 239 cm³/mol. The Kier molecular flexibility index (Phi) is 7.67. The fraction of sp³-hybridized carbons (Fsp3) is 0.0370. The molecule has 2 heteroatoms. The van der Waals surface area contributed by atoms with Crippen LogP contribution in [0.5, 0.6) is 0 Å². The van der Waals surface area contributed by atoms with Crippen LogP contribution in [-0.4, -0.2) is 4.57 Å². The Hall–Kier alpha value is -7.16. The maximum Gasteiger partial charge on any atom is 0.0547 e. The number of para-hydroxylation sites is 2. The van der Waals surface area contributed by atoms with Gasteiger partial charge in [0, 0.05) is 33.1 Å². The lowest BCUT2D eigenvalue weighted by atomic mass is 9.93. The van der Waals surface area contributed by atoms with Gasteiger partial charge in [-0.05, 0) is 105 Å². The maximum absolute atomic E-state index is 2.53. The molecule has 0 unspecified atom stereocenters. The highest BCUT2D eigenvalue weighted by molar-refractivity contribution is 6.15. The van der Waals surface area contributed by atoms with Gasteiger partial charge in [-0.1, -0.05) is 158 Å². The molecule has 0 N–H and O–H groups in total. The van der Waals surface area contributed by atoms with Crippen molar-refractivity contribution in [1.82, 2.24) is 4.57 Å². The van der Waals surface area contributed by atoms with E-state index in [9.17, 15) is 0 Å². The number of anilines is 2.